The predicted octanol–water partition coefficient (Wildman–Crippen LogP) is 2.30. The Bertz CT molecular complexity index is 575. The molecule has 0 N–H and O–H groups in total. The Morgan fingerprint density at radius 3 is 2.56 bits per heavy atom. The molecule has 0 aromatic heterocycles. The third kappa shape index (κ3) is 3.68. The first kappa shape index (κ1) is 13.3. The summed E-state index contributed by atoms with van der Waals surface area (Å²) in [7, 11) is -3.11. The minimum Gasteiger partial charge on any atom is -0.427 e. The van der Waals surface area contributed by atoms with Gasteiger partial charge in [0.05, 0.1) is 12.2 Å². The summed E-state index contributed by atoms with van der Waals surface area (Å²) in [5.41, 5.74) is 0. The predicted molar refractivity (Wildman–Crippen MR) is 70.8 cm³/mol. The Balaban J connectivity index is 1.90. The summed E-state index contributed by atoms with van der Waals surface area (Å²) >= 11 is 3.28. The summed E-state index contributed by atoms with van der Waals surface area (Å²) < 4.78 is 28.4. The number of carbonyl (C=O) groups is 1. The van der Waals surface area contributed by atoms with E-state index < -0.39 is 15.8 Å². The van der Waals surface area contributed by atoms with E-state index in [1.54, 1.807) is 24.3 Å². The molecule has 0 saturated carbocycles. The Hall–Kier alpha value is -1.14. The van der Waals surface area contributed by atoms with Gasteiger partial charge in [-0.2, -0.15) is 0 Å². The van der Waals surface area contributed by atoms with E-state index in [-0.39, 0.29) is 18.1 Å². The quantitative estimate of drug-likeness (QED) is 0.630. The minimum atomic E-state index is -3.11. The van der Waals surface area contributed by atoms with E-state index in [2.05, 4.69) is 15.9 Å². The number of hydrogen-bond donors (Lipinski definition) is 0. The third-order valence-electron chi connectivity index (χ3n) is 2.48. The summed E-state index contributed by atoms with van der Waals surface area (Å²) in [5, 5.41) is 1.16. The summed E-state index contributed by atoms with van der Waals surface area (Å²) in [6, 6.07) is 6.87. The lowest BCUT2D eigenvalue weighted by molar-refractivity contribution is -0.134. The molecule has 1 aromatic rings. The second kappa shape index (κ2) is 5.24. The maximum atomic E-state index is 11.6. The van der Waals surface area contributed by atoms with Crippen molar-refractivity contribution in [1.29, 1.82) is 0 Å². The standard InChI is InChI=1S/C12H11BrO4S/c13-10-1-3-11(4-2-10)17-12(14)7-9-5-6-18(15,16)8-9/h1-6,9H,7-8H2/t9-/m0/s1. The minimum absolute atomic E-state index is 0.0115. The number of allylic oxidation sites excluding steroid dienone is 1. The summed E-state index contributed by atoms with van der Waals surface area (Å²) in [6.45, 7) is 0. The van der Waals surface area contributed by atoms with Crippen LogP contribution in [0.4, 0.5) is 0 Å². The molecule has 2 rings (SSSR count). The number of halogens is 1. The van der Waals surface area contributed by atoms with E-state index in [4.69, 9.17) is 4.74 Å². The van der Waals surface area contributed by atoms with Crippen molar-refractivity contribution in [2.24, 2.45) is 5.92 Å². The van der Waals surface area contributed by atoms with Crippen LogP contribution in [0.2, 0.25) is 0 Å². The van der Waals surface area contributed by atoms with Crippen LogP contribution in [0.1, 0.15) is 6.42 Å². The fourth-order valence-electron chi connectivity index (χ4n) is 1.66. The van der Waals surface area contributed by atoms with Gasteiger partial charge in [0.1, 0.15) is 5.75 Å². The zero-order chi connectivity index (χ0) is 13.2. The third-order valence-corrected chi connectivity index (χ3v) is 4.47. The maximum Gasteiger partial charge on any atom is 0.311 e. The van der Waals surface area contributed by atoms with Crippen molar-refractivity contribution in [3.63, 3.8) is 0 Å². The Labute approximate surface area is 114 Å². The number of carbonyl (C=O) groups excluding carboxylic acids is 1. The van der Waals surface area contributed by atoms with Crippen LogP contribution < -0.4 is 4.74 Å². The largest absolute Gasteiger partial charge is 0.427 e. The van der Waals surface area contributed by atoms with Crippen molar-refractivity contribution in [2.75, 3.05) is 5.75 Å². The highest BCUT2D eigenvalue weighted by molar-refractivity contribution is 9.10. The van der Waals surface area contributed by atoms with Crippen LogP contribution in [-0.4, -0.2) is 20.1 Å². The molecule has 1 aromatic carbocycles. The molecular formula is C12H11BrO4S. The molecule has 0 unspecified atom stereocenters. The highest BCUT2D eigenvalue weighted by atomic mass is 79.9. The molecule has 1 aliphatic heterocycles. The van der Waals surface area contributed by atoms with Gasteiger partial charge in [0.2, 0.25) is 0 Å². The Kier molecular flexibility index (Phi) is 3.87. The lowest BCUT2D eigenvalue weighted by atomic mass is 10.1. The second-order valence-electron chi connectivity index (χ2n) is 4.05. The number of esters is 1. The van der Waals surface area contributed by atoms with Gasteiger partial charge < -0.3 is 4.74 Å². The number of rotatable bonds is 3. The van der Waals surface area contributed by atoms with Crippen LogP contribution in [0.3, 0.4) is 0 Å². The fraction of sp³-hybridized carbons (Fsp3) is 0.250. The van der Waals surface area contributed by atoms with Gasteiger partial charge >= 0.3 is 5.97 Å². The van der Waals surface area contributed by atoms with Crippen LogP contribution in [0.25, 0.3) is 0 Å². The normalized spacial score (nSPS) is 20.8. The first-order valence-electron chi connectivity index (χ1n) is 5.32. The molecule has 96 valence electrons. The van der Waals surface area contributed by atoms with Gasteiger partial charge in [0.25, 0.3) is 0 Å². The van der Waals surface area contributed by atoms with Gasteiger partial charge in [-0.05, 0) is 24.3 Å². The average molecular weight is 331 g/mol. The molecule has 1 aliphatic rings. The van der Waals surface area contributed by atoms with Crippen molar-refractivity contribution >= 4 is 31.7 Å². The van der Waals surface area contributed by atoms with Crippen LogP contribution in [0, 0.1) is 5.92 Å². The Morgan fingerprint density at radius 2 is 2.00 bits per heavy atom. The van der Waals surface area contributed by atoms with Crippen LogP contribution >= 0.6 is 15.9 Å². The average Bonchev–Trinajstić information content (AvgIpc) is 2.61. The lowest BCUT2D eigenvalue weighted by Crippen LogP contribution is -2.15. The Morgan fingerprint density at radius 1 is 1.33 bits per heavy atom. The van der Waals surface area contributed by atoms with E-state index in [0.29, 0.717) is 5.75 Å². The van der Waals surface area contributed by atoms with E-state index in [0.717, 1.165) is 9.88 Å². The number of sulfone groups is 1. The number of hydrogen-bond acceptors (Lipinski definition) is 4. The molecule has 4 nitrogen and oxygen atoms in total. The van der Waals surface area contributed by atoms with E-state index >= 15 is 0 Å². The zero-order valence-electron chi connectivity index (χ0n) is 9.37. The molecule has 0 fully saturated rings. The van der Waals surface area contributed by atoms with Crippen LogP contribution in [0.15, 0.2) is 40.2 Å². The van der Waals surface area contributed by atoms with Crippen molar-refractivity contribution in [1.82, 2.24) is 0 Å². The smallest absolute Gasteiger partial charge is 0.311 e. The van der Waals surface area contributed by atoms with Gasteiger partial charge in [-0.15, -0.1) is 0 Å². The molecule has 0 radical (unpaired) electrons. The first-order chi connectivity index (χ1) is 8.44. The maximum absolute atomic E-state index is 11.6. The van der Waals surface area contributed by atoms with E-state index in [1.165, 1.54) is 6.08 Å². The molecule has 1 atom stereocenters. The molecule has 1 heterocycles. The molecular weight excluding hydrogens is 320 g/mol. The van der Waals surface area contributed by atoms with Gasteiger partial charge in [-0.3, -0.25) is 4.79 Å². The second-order valence-corrected chi connectivity index (χ2v) is 6.90. The number of ether oxygens (including phenoxy) is 1. The van der Waals surface area contributed by atoms with Gasteiger partial charge in [-0.1, -0.05) is 22.0 Å². The van der Waals surface area contributed by atoms with Gasteiger partial charge in [-0.25, -0.2) is 8.42 Å². The summed E-state index contributed by atoms with van der Waals surface area (Å²) in [4.78, 5) is 11.6. The van der Waals surface area contributed by atoms with E-state index in [1.807, 2.05) is 0 Å². The molecule has 0 bridgehead atoms. The molecule has 0 amide bonds. The first-order valence-corrected chi connectivity index (χ1v) is 7.83. The molecule has 0 aliphatic carbocycles. The van der Waals surface area contributed by atoms with Crippen LogP contribution in [0.5, 0.6) is 5.75 Å². The highest BCUT2D eigenvalue weighted by Gasteiger charge is 2.24. The molecule has 18 heavy (non-hydrogen) atoms. The summed E-state index contributed by atoms with van der Waals surface area (Å²) in [5.74, 6) is -0.266. The molecule has 6 heteroatoms. The van der Waals surface area contributed by atoms with Crippen molar-refractivity contribution in [3.8, 4) is 5.75 Å². The van der Waals surface area contributed by atoms with Crippen molar-refractivity contribution < 1.29 is 17.9 Å². The molecule has 0 spiro atoms. The monoisotopic (exact) mass is 330 g/mol. The van der Waals surface area contributed by atoms with Crippen molar-refractivity contribution in [3.05, 3.63) is 40.2 Å². The highest BCUT2D eigenvalue weighted by Crippen LogP contribution is 2.21. The van der Waals surface area contributed by atoms with E-state index in [9.17, 15) is 13.2 Å². The van der Waals surface area contributed by atoms with Crippen molar-refractivity contribution in [2.45, 2.75) is 6.42 Å². The lowest BCUT2D eigenvalue weighted by Gasteiger charge is -2.07. The SMILES string of the molecule is O=C(C[C@@H]1C=CS(=O)(=O)C1)Oc1ccc(Br)cc1. The topological polar surface area (TPSA) is 60.4 Å². The summed E-state index contributed by atoms with van der Waals surface area (Å²) in [6.07, 6.45) is 1.62. The number of benzene rings is 1. The fourth-order valence-corrected chi connectivity index (χ4v) is 3.32. The van der Waals surface area contributed by atoms with Gasteiger partial charge in [0.15, 0.2) is 9.84 Å². The van der Waals surface area contributed by atoms with Gasteiger partial charge in [0, 0.05) is 15.8 Å². The van der Waals surface area contributed by atoms with Crippen LogP contribution in [-0.2, 0) is 14.6 Å². The molecule has 0 saturated heterocycles. The zero-order valence-corrected chi connectivity index (χ0v) is 11.8.